The lowest BCUT2D eigenvalue weighted by Crippen LogP contribution is -2.38. The van der Waals surface area contributed by atoms with Crippen molar-refractivity contribution in [1.29, 1.82) is 0 Å². The van der Waals surface area contributed by atoms with Crippen molar-refractivity contribution in [3.63, 3.8) is 0 Å². The monoisotopic (exact) mass is 376 g/mol. The molecule has 1 aromatic heterocycles. The molecule has 4 rings (SSSR count). The molecule has 1 unspecified atom stereocenters. The van der Waals surface area contributed by atoms with Crippen LogP contribution in [-0.4, -0.2) is 24.7 Å². The van der Waals surface area contributed by atoms with Crippen LogP contribution in [0, 0.1) is 0 Å². The first kappa shape index (κ1) is 18.3. The molecule has 5 nitrogen and oxygen atoms in total. The average Bonchev–Trinajstić information content (AvgIpc) is 2.77. The van der Waals surface area contributed by atoms with Crippen molar-refractivity contribution in [2.45, 2.75) is 25.6 Å². The molecule has 0 aliphatic carbocycles. The number of nitrogens with one attached hydrogen (secondary N) is 1. The highest BCUT2D eigenvalue weighted by molar-refractivity contribution is 5.43. The molecule has 5 heteroatoms. The standard InChI is InChI=1S/C23H24N2O3/c1-26-23-12-18(6-7-22(23)27-15-17-8-10-24-11-9-17)14-25-20-13-19-4-2-3-5-21(19)28-16-20/h2-12,20,25H,13-16H2,1H3. The fraction of sp³-hybridized carbons (Fsp3) is 0.261. The van der Waals surface area contributed by atoms with Crippen LogP contribution in [0.2, 0.25) is 0 Å². The number of fused-ring (bicyclic) bond motifs is 1. The highest BCUT2D eigenvalue weighted by Crippen LogP contribution is 2.29. The molecular formula is C23H24N2O3. The number of para-hydroxylation sites is 1. The molecule has 1 aliphatic heterocycles. The summed E-state index contributed by atoms with van der Waals surface area (Å²) in [5.74, 6) is 2.47. The maximum atomic E-state index is 5.91. The molecule has 0 saturated carbocycles. The van der Waals surface area contributed by atoms with E-state index in [0.717, 1.165) is 41.3 Å². The second-order valence-electron chi connectivity index (χ2n) is 6.83. The van der Waals surface area contributed by atoms with Gasteiger partial charge in [0.25, 0.3) is 0 Å². The van der Waals surface area contributed by atoms with E-state index in [0.29, 0.717) is 19.3 Å². The van der Waals surface area contributed by atoms with Crippen molar-refractivity contribution in [3.8, 4) is 17.2 Å². The zero-order valence-electron chi connectivity index (χ0n) is 15.9. The van der Waals surface area contributed by atoms with E-state index in [1.807, 2.05) is 36.4 Å². The molecule has 0 radical (unpaired) electrons. The molecule has 1 aliphatic rings. The number of benzene rings is 2. The topological polar surface area (TPSA) is 52.6 Å². The maximum absolute atomic E-state index is 5.91. The molecule has 0 fully saturated rings. The smallest absolute Gasteiger partial charge is 0.161 e. The fourth-order valence-corrected chi connectivity index (χ4v) is 3.30. The van der Waals surface area contributed by atoms with Crippen molar-refractivity contribution in [3.05, 3.63) is 83.7 Å². The quantitative estimate of drug-likeness (QED) is 0.680. The Bertz CT molecular complexity index is 915. The van der Waals surface area contributed by atoms with Crippen molar-refractivity contribution in [2.24, 2.45) is 0 Å². The van der Waals surface area contributed by atoms with Crippen LogP contribution < -0.4 is 19.5 Å². The van der Waals surface area contributed by atoms with Crippen molar-refractivity contribution >= 4 is 0 Å². The van der Waals surface area contributed by atoms with E-state index >= 15 is 0 Å². The van der Waals surface area contributed by atoms with Gasteiger partial charge in [0.2, 0.25) is 0 Å². The summed E-state index contributed by atoms with van der Waals surface area (Å²) in [5, 5.41) is 3.58. The van der Waals surface area contributed by atoms with E-state index in [4.69, 9.17) is 14.2 Å². The number of aromatic nitrogens is 1. The minimum atomic E-state index is 0.295. The zero-order valence-corrected chi connectivity index (χ0v) is 15.9. The normalized spacial score (nSPS) is 15.4. The van der Waals surface area contributed by atoms with Crippen molar-refractivity contribution in [1.82, 2.24) is 10.3 Å². The van der Waals surface area contributed by atoms with E-state index in [9.17, 15) is 0 Å². The molecule has 0 spiro atoms. The summed E-state index contributed by atoms with van der Waals surface area (Å²) < 4.78 is 17.3. The lowest BCUT2D eigenvalue weighted by atomic mass is 10.0. The Labute approximate surface area is 165 Å². The van der Waals surface area contributed by atoms with Crippen LogP contribution in [0.3, 0.4) is 0 Å². The molecule has 3 aromatic rings. The number of rotatable bonds is 7. The molecule has 2 aromatic carbocycles. The van der Waals surface area contributed by atoms with Gasteiger partial charge in [0.1, 0.15) is 19.0 Å². The minimum Gasteiger partial charge on any atom is -0.493 e. The second-order valence-corrected chi connectivity index (χ2v) is 6.83. The third kappa shape index (κ3) is 4.43. The Morgan fingerprint density at radius 3 is 2.75 bits per heavy atom. The van der Waals surface area contributed by atoms with Crippen LogP contribution >= 0.6 is 0 Å². The summed E-state index contributed by atoms with van der Waals surface area (Å²) in [6.07, 6.45) is 4.50. The van der Waals surface area contributed by atoms with E-state index in [2.05, 4.69) is 28.5 Å². The van der Waals surface area contributed by atoms with Crippen LogP contribution in [0.5, 0.6) is 17.2 Å². The third-order valence-corrected chi connectivity index (χ3v) is 4.85. The number of methoxy groups -OCH3 is 1. The van der Waals surface area contributed by atoms with Crippen molar-refractivity contribution in [2.75, 3.05) is 13.7 Å². The van der Waals surface area contributed by atoms with Gasteiger partial charge >= 0.3 is 0 Å². The van der Waals surface area contributed by atoms with E-state index in [1.54, 1.807) is 19.5 Å². The Morgan fingerprint density at radius 1 is 1.04 bits per heavy atom. The van der Waals surface area contributed by atoms with Gasteiger partial charge in [0, 0.05) is 25.0 Å². The Morgan fingerprint density at radius 2 is 1.89 bits per heavy atom. The third-order valence-electron chi connectivity index (χ3n) is 4.85. The molecule has 1 atom stereocenters. The molecule has 2 heterocycles. The van der Waals surface area contributed by atoms with E-state index < -0.39 is 0 Å². The predicted octanol–water partition coefficient (Wildman–Crippen LogP) is 3.76. The number of pyridine rings is 1. The number of hydrogen-bond donors (Lipinski definition) is 1. The summed E-state index contributed by atoms with van der Waals surface area (Å²) in [6.45, 7) is 1.91. The molecule has 144 valence electrons. The first-order valence-corrected chi connectivity index (χ1v) is 9.44. The van der Waals surface area contributed by atoms with Gasteiger partial charge in [-0.2, -0.15) is 0 Å². The maximum Gasteiger partial charge on any atom is 0.161 e. The van der Waals surface area contributed by atoms with Gasteiger partial charge in [0.15, 0.2) is 11.5 Å². The van der Waals surface area contributed by atoms with Gasteiger partial charge in [-0.1, -0.05) is 24.3 Å². The highest BCUT2D eigenvalue weighted by Gasteiger charge is 2.19. The van der Waals surface area contributed by atoms with Gasteiger partial charge in [-0.3, -0.25) is 4.98 Å². The predicted molar refractivity (Wildman–Crippen MR) is 108 cm³/mol. The summed E-state index contributed by atoms with van der Waals surface area (Å²) in [7, 11) is 1.66. The molecule has 0 saturated heterocycles. The summed E-state index contributed by atoms with van der Waals surface area (Å²) in [4.78, 5) is 4.02. The molecule has 0 amide bonds. The van der Waals surface area contributed by atoms with Gasteiger partial charge < -0.3 is 19.5 Å². The SMILES string of the molecule is COc1cc(CNC2COc3ccccc3C2)ccc1OCc1ccncc1. The first-order chi connectivity index (χ1) is 13.8. The zero-order chi connectivity index (χ0) is 19.2. The first-order valence-electron chi connectivity index (χ1n) is 9.44. The molecular weight excluding hydrogens is 352 g/mol. The molecule has 28 heavy (non-hydrogen) atoms. The van der Waals surface area contributed by atoms with Crippen molar-refractivity contribution < 1.29 is 14.2 Å². The summed E-state index contributed by atoms with van der Waals surface area (Å²) >= 11 is 0. The van der Waals surface area contributed by atoms with Crippen LogP contribution in [0.15, 0.2) is 67.0 Å². The number of nitrogens with zero attached hydrogens (tertiary/aromatic N) is 1. The van der Waals surface area contributed by atoms with Crippen LogP contribution in [0.4, 0.5) is 0 Å². The van der Waals surface area contributed by atoms with Gasteiger partial charge in [-0.05, 0) is 53.4 Å². The van der Waals surface area contributed by atoms with E-state index in [1.165, 1.54) is 5.56 Å². The van der Waals surface area contributed by atoms with Gasteiger partial charge in [-0.15, -0.1) is 0 Å². The Kier molecular flexibility index (Phi) is 5.73. The second kappa shape index (κ2) is 8.76. The Hall–Kier alpha value is -3.05. The Balaban J connectivity index is 1.35. The highest BCUT2D eigenvalue weighted by atomic mass is 16.5. The van der Waals surface area contributed by atoms with Crippen LogP contribution in [0.1, 0.15) is 16.7 Å². The summed E-state index contributed by atoms with van der Waals surface area (Å²) in [6, 6.07) is 18.4. The van der Waals surface area contributed by atoms with Gasteiger partial charge in [0.05, 0.1) is 7.11 Å². The fourth-order valence-electron chi connectivity index (χ4n) is 3.30. The molecule has 0 bridgehead atoms. The van der Waals surface area contributed by atoms with E-state index in [-0.39, 0.29) is 0 Å². The van der Waals surface area contributed by atoms with Gasteiger partial charge in [-0.25, -0.2) is 0 Å². The van der Waals surface area contributed by atoms with Crippen LogP contribution in [-0.2, 0) is 19.6 Å². The largest absolute Gasteiger partial charge is 0.493 e. The molecule has 1 N–H and O–H groups in total. The minimum absolute atomic E-state index is 0.295. The summed E-state index contributed by atoms with van der Waals surface area (Å²) in [5.41, 5.74) is 3.47. The lowest BCUT2D eigenvalue weighted by Gasteiger charge is -2.26. The number of hydrogen-bond acceptors (Lipinski definition) is 5. The lowest BCUT2D eigenvalue weighted by molar-refractivity contribution is 0.238. The van der Waals surface area contributed by atoms with Crippen LogP contribution in [0.25, 0.3) is 0 Å². The average molecular weight is 376 g/mol. The number of ether oxygens (including phenoxy) is 3.